The largest absolute Gasteiger partial charge is 0.278 e. The van der Waals surface area contributed by atoms with E-state index in [1.54, 1.807) is 17.0 Å². The van der Waals surface area contributed by atoms with Crippen LogP contribution in [-0.2, 0) is 7.05 Å². The van der Waals surface area contributed by atoms with Crippen molar-refractivity contribution >= 4 is 16.5 Å². The van der Waals surface area contributed by atoms with Gasteiger partial charge in [0.05, 0.1) is 17.3 Å². The van der Waals surface area contributed by atoms with Gasteiger partial charge < -0.3 is 0 Å². The van der Waals surface area contributed by atoms with Crippen LogP contribution in [0.1, 0.15) is 18.5 Å². The number of benzene rings is 1. The summed E-state index contributed by atoms with van der Waals surface area (Å²) in [6.45, 7) is 1.83. The van der Waals surface area contributed by atoms with E-state index in [-0.39, 0.29) is 11.4 Å². The summed E-state index contributed by atoms with van der Waals surface area (Å²) >= 11 is 0. The van der Waals surface area contributed by atoms with Crippen LogP contribution in [0.2, 0.25) is 0 Å². The van der Waals surface area contributed by atoms with E-state index < -0.39 is 0 Å². The standard InChI is InChI=1S/C20H18FN3O/c1-13-10-14-6-5-7-16(15-11-22-23(2)12-15)19(14)20(25)24(13)18-9-4-3-8-17(18)21/h4-7,9-12H,3,8H2,1-2H3. The summed E-state index contributed by atoms with van der Waals surface area (Å²) in [5.41, 5.74) is 2.54. The van der Waals surface area contributed by atoms with E-state index in [1.807, 2.05) is 50.5 Å². The van der Waals surface area contributed by atoms with Gasteiger partial charge in [-0.15, -0.1) is 0 Å². The molecule has 1 aliphatic carbocycles. The summed E-state index contributed by atoms with van der Waals surface area (Å²) in [6.07, 6.45) is 8.21. The molecule has 1 aliphatic rings. The molecule has 1 aromatic carbocycles. The molecule has 0 aliphatic heterocycles. The summed E-state index contributed by atoms with van der Waals surface area (Å²) in [5.74, 6) is -0.245. The fourth-order valence-electron chi connectivity index (χ4n) is 3.41. The molecular formula is C20H18FN3O. The molecule has 0 spiro atoms. The number of aryl methyl sites for hydroxylation is 2. The number of halogens is 1. The molecule has 0 bridgehead atoms. The highest BCUT2D eigenvalue weighted by atomic mass is 19.1. The first kappa shape index (κ1) is 15.6. The van der Waals surface area contributed by atoms with Gasteiger partial charge in [-0.2, -0.15) is 5.10 Å². The average Bonchev–Trinajstić information content (AvgIpc) is 3.02. The zero-order valence-corrected chi connectivity index (χ0v) is 14.2. The molecule has 0 radical (unpaired) electrons. The Morgan fingerprint density at radius 2 is 2.12 bits per heavy atom. The fraction of sp³-hybridized carbons (Fsp3) is 0.200. The van der Waals surface area contributed by atoms with Gasteiger partial charge in [0.25, 0.3) is 5.56 Å². The Balaban J connectivity index is 2.07. The average molecular weight is 335 g/mol. The molecule has 0 saturated carbocycles. The van der Waals surface area contributed by atoms with Crippen molar-refractivity contribution in [3.05, 3.63) is 70.7 Å². The van der Waals surface area contributed by atoms with E-state index in [9.17, 15) is 9.18 Å². The third-order valence-corrected chi connectivity index (χ3v) is 4.57. The van der Waals surface area contributed by atoms with E-state index in [0.29, 0.717) is 23.9 Å². The van der Waals surface area contributed by atoms with Crippen molar-refractivity contribution in [1.29, 1.82) is 0 Å². The van der Waals surface area contributed by atoms with Crippen molar-refractivity contribution in [3.63, 3.8) is 0 Å². The lowest BCUT2D eigenvalue weighted by molar-refractivity contribution is 0.584. The van der Waals surface area contributed by atoms with Crippen LogP contribution in [0.5, 0.6) is 0 Å². The van der Waals surface area contributed by atoms with Crippen molar-refractivity contribution < 1.29 is 4.39 Å². The van der Waals surface area contributed by atoms with Crippen LogP contribution >= 0.6 is 0 Å². The molecule has 3 aromatic rings. The summed E-state index contributed by atoms with van der Waals surface area (Å²) in [7, 11) is 1.84. The van der Waals surface area contributed by atoms with Crippen molar-refractivity contribution in [2.24, 2.45) is 7.05 Å². The van der Waals surface area contributed by atoms with E-state index in [4.69, 9.17) is 0 Å². The second kappa shape index (κ2) is 5.84. The third-order valence-electron chi connectivity index (χ3n) is 4.57. The molecule has 2 heterocycles. The molecule has 0 unspecified atom stereocenters. The number of hydrogen-bond acceptors (Lipinski definition) is 2. The molecular weight excluding hydrogens is 317 g/mol. The van der Waals surface area contributed by atoms with Crippen LogP contribution < -0.4 is 5.56 Å². The summed E-state index contributed by atoms with van der Waals surface area (Å²) < 4.78 is 17.6. The molecule has 0 atom stereocenters. The Morgan fingerprint density at radius 1 is 1.28 bits per heavy atom. The lowest BCUT2D eigenvalue weighted by atomic mass is 10.0. The molecule has 25 heavy (non-hydrogen) atoms. The van der Waals surface area contributed by atoms with Gasteiger partial charge in [0.1, 0.15) is 5.83 Å². The Labute approximate surface area is 144 Å². The lowest BCUT2D eigenvalue weighted by Crippen LogP contribution is -2.23. The molecule has 4 rings (SSSR count). The first-order valence-electron chi connectivity index (χ1n) is 8.26. The molecule has 0 N–H and O–H groups in total. The molecule has 5 heteroatoms. The Hall–Kier alpha value is -2.95. The molecule has 4 nitrogen and oxygen atoms in total. The van der Waals surface area contributed by atoms with Gasteiger partial charge in [0.2, 0.25) is 0 Å². The van der Waals surface area contributed by atoms with Gasteiger partial charge >= 0.3 is 0 Å². The van der Waals surface area contributed by atoms with Gasteiger partial charge in [-0.05, 0) is 36.4 Å². The lowest BCUT2D eigenvalue weighted by Gasteiger charge is -2.17. The van der Waals surface area contributed by atoms with Crippen molar-refractivity contribution in [2.75, 3.05) is 0 Å². The molecule has 0 fully saturated rings. The molecule has 0 amide bonds. The minimum Gasteiger partial charge on any atom is -0.278 e. The third kappa shape index (κ3) is 2.52. The minimum absolute atomic E-state index is 0.203. The van der Waals surface area contributed by atoms with Crippen molar-refractivity contribution in [3.8, 4) is 11.1 Å². The second-order valence-corrected chi connectivity index (χ2v) is 6.33. The number of hydrogen-bond donors (Lipinski definition) is 0. The minimum atomic E-state index is -0.245. The highest BCUT2D eigenvalue weighted by molar-refractivity contribution is 5.96. The first-order valence-corrected chi connectivity index (χ1v) is 8.26. The number of rotatable bonds is 2. The predicted octanol–water partition coefficient (Wildman–Crippen LogP) is 4.20. The smallest absolute Gasteiger partial charge is 0.263 e. The summed E-state index contributed by atoms with van der Waals surface area (Å²) in [5, 5.41) is 5.63. The van der Waals surface area contributed by atoms with Crippen molar-refractivity contribution in [2.45, 2.75) is 19.8 Å². The van der Waals surface area contributed by atoms with Crippen LogP contribution in [0.25, 0.3) is 27.6 Å². The van der Waals surface area contributed by atoms with Crippen LogP contribution in [0.3, 0.4) is 0 Å². The van der Waals surface area contributed by atoms with Crippen molar-refractivity contribution in [1.82, 2.24) is 14.3 Å². The number of allylic oxidation sites excluding steroid dienone is 4. The van der Waals surface area contributed by atoms with E-state index in [0.717, 1.165) is 22.2 Å². The van der Waals surface area contributed by atoms with Gasteiger partial charge in [-0.3, -0.25) is 14.0 Å². The van der Waals surface area contributed by atoms with Gasteiger partial charge in [-0.25, -0.2) is 4.39 Å². The van der Waals surface area contributed by atoms with E-state index in [1.165, 1.54) is 4.57 Å². The van der Waals surface area contributed by atoms with Crippen LogP contribution in [0, 0.1) is 6.92 Å². The number of pyridine rings is 1. The Morgan fingerprint density at radius 3 is 2.84 bits per heavy atom. The molecule has 2 aromatic heterocycles. The maximum Gasteiger partial charge on any atom is 0.263 e. The van der Waals surface area contributed by atoms with E-state index in [2.05, 4.69) is 5.10 Å². The number of fused-ring (bicyclic) bond motifs is 1. The van der Waals surface area contributed by atoms with Gasteiger partial charge in [0, 0.05) is 30.9 Å². The highest BCUT2D eigenvalue weighted by Crippen LogP contribution is 2.29. The first-order chi connectivity index (χ1) is 12.1. The molecule has 126 valence electrons. The number of nitrogens with zero attached hydrogens (tertiary/aromatic N) is 3. The maximum absolute atomic E-state index is 14.4. The van der Waals surface area contributed by atoms with E-state index >= 15 is 0 Å². The normalized spacial score (nSPS) is 14.5. The van der Waals surface area contributed by atoms with Crippen LogP contribution in [0.15, 0.2) is 59.4 Å². The summed E-state index contributed by atoms with van der Waals surface area (Å²) in [4.78, 5) is 13.3. The second-order valence-electron chi connectivity index (χ2n) is 6.33. The van der Waals surface area contributed by atoms with Crippen LogP contribution in [-0.4, -0.2) is 14.3 Å². The Bertz CT molecular complexity index is 1100. The zero-order valence-electron chi connectivity index (χ0n) is 14.2. The van der Waals surface area contributed by atoms with Crippen LogP contribution in [0.4, 0.5) is 4.39 Å². The van der Waals surface area contributed by atoms with Gasteiger partial charge in [-0.1, -0.05) is 24.3 Å². The zero-order chi connectivity index (χ0) is 17.6. The summed E-state index contributed by atoms with van der Waals surface area (Å²) in [6, 6.07) is 7.67. The topological polar surface area (TPSA) is 39.8 Å². The highest BCUT2D eigenvalue weighted by Gasteiger charge is 2.17. The monoisotopic (exact) mass is 335 g/mol. The maximum atomic E-state index is 14.4. The Kier molecular flexibility index (Phi) is 3.64. The molecule has 0 saturated heterocycles. The fourth-order valence-corrected chi connectivity index (χ4v) is 3.41. The SMILES string of the molecule is Cc1cc2cccc(-c3cnn(C)c3)c2c(=O)n1C1=C(F)CCC=C1. The number of aromatic nitrogens is 3. The van der Waals surface area contributed by atoms with Gasteiger partial charge in [0.15, 0.2) is 0 Å². The quantitative estimate of drug-likeness (QED) is 0.704. The predicted molar refractivity (Wildman–Crippen MR) is 97.8 cm³/mol.